The zero-order chi connectivity index (χ0) is 11.2. The maximum atomic E-state index is 4.41. The van der Waals surface area contributed by atoms with Crippen molar-refractivity contribution in [3.8, 4) is 0 Å². The van der Waals surface area contributed by atoms with Crippen LogP contribution in [0.5, 0.6) is 0 Å². The molecule has 1 aromatic rings. The first-order valence-electron chi connectivity index (χ1n) is 6.47. The van der Waals surface area contributed by atoms with Crippen LogP contribution in [-0.4, -0.2) is 23.0 Å². The molecule has 0 aromatic carbocycles. The van der Waals surface area contributed by atoms with Crippen LogP contribution < -0.4 is 0 Å². The quantitative estimate of drug-likeness (QED) is 0.758. The van der Waals surface area contributed by atoms with Crippen LogP contribution in [0.1, 0.15) is 38.3 Å². The molecule has 0 aliphatic carbocycles. The topological polar surface area (TPSA) is 16.1 Å². The molecule has 88 valence electrons. The molecule has 0 spiro atoms. The van der Waals surface area contributed by atoms with Gasteiger partial charge in [-0.2, -0.15) is 0 Å². The van der Waals surface area contributed by atoms with E-state index in [1.54, 1.807) is 0 Å². The lowest BCUT2D eigenvalue weighted by Gasteiger charge is -2.27. The number of aromatic nitrogens is 1. The van der Waals surface area contributed by atoms with E-state index in [0.29, 0.717) is 0 Å². The monoisotopic (exact) mass is 218 g/mol. The lowest BCUT2D eigenvalue weighted by atomic mass is 10.00. The second-order valence-electron chi connectivity index (χ2n) is 5.01. The molecule has 1 atom stereocenters. The smallest absolute Gasteiger partial charge is 0.0543 e. The van der Waals surface area contributed by atoms with Crippen molar-refractivity contribution >= 4 is 0 Å². The van der Waals surface area contributed by atoms with Crippen LogP contribution in [0.25, 0.3) is 0 Å². The average molecular weight is 218 g/mol. The van der Waals surface area contributed by atoms with Crippen molar-refractivity contribution in [2.75, 3.05) is 13.1 Å². The van der Waals surface area contributed by atoms with E-state index in [0.717, 1.165) is 12.5 Å². The summed E-state index contributed by atoms with van der Waals surface area (Å²) < 4.78 is 0. The van der Waals surface area contributed by atoms with Crippen LogP contribution in [0.3, 0.4) is 0 Å². The fourth-order valence-electron chi connectivity index (χ4n) is 2.49. The van der Waals surface area contributed by atoms with Gasteiger partial charge in [-0.1, -0.05) is 25.8 Å². The van der Waals surface area contributed by atoms with Crippen LogP contribution in [-0.2, 0) is 6.54 Å². The Balaban J connectivity index is 1.91. The Hall–Kier alpha value is -0.890. The zero-order valence-electron chi connectivity index (χ0n) is 10.2. The van der Waals surface area contributed by atoms with Crippen molar-refractivity contribution in [1.82, 2.24) is 9.88 Å². The third-order valence-electron chi connectivity index (χ3n) is 3.35. The minimum absolute atomic E-state index is 0.837. The fourth-order valence-corrected chi connectivity index (χ4v) is 2.49. The van der Waals surface area contributed by atoms with Crippen molar-refractivity contribution in [1.29, 1.82) is 0 Å². The van der Waals surface area contributed by atoms with E-state index in [9.17, 15) is 0 Å². The number of hydrogen-bond acceptors (Lipinski definition) is 2. The number of likely N-dealkylation sites (tertiary alicyclic amines) is 1. The molecule has 2 heteroatoms. The summed E-state index contributed by atoms with van der Waals surface area (Å²) in [6, 6.07) is 6.19. The van der Waals surface area contributed by atoms with Gasteiger partial charge in [-0.3, -0.25) is 9.88 Å². The van der Waals surface area contributed by atoms with E-state index in [2.05, 4.69) is 28.9 Å². The Morgan fingerprint density at radius 3 is 3.06 bits per heavy atom. The molecular formula is C14H22N2. The van der Waals surface area contributed by atoms with E-state index < -0.39 is 0 Å². The summed E-state index contributed by atoms with van der Waals surface area (Å²) in [5.74, 6) is 0.837. The van der Waals surface area contributed by atoms with Gasteiger partial charge in [0.25, 0.3) is 0 Å². The summed E-state index contributed by atoms with van der Waals surface area (Å²) in [7, 11) is 0. The summed E-state index contributed by atoms with van der Waals surface area (Å²) in [5.41, 5.74) is 1.20. The molecule has 2 heterocycles. The highest BCUT2D eigenvalue weighted by Crippen LogP contribution is 2.16. The molecule has 0 saturated carbocycles. The predicted octanol–water partition coefficient (Wildman–Crippen LogP) is 3.09. The van der Waals surface area contributed by atoms with Crippen molar-refractivity contribution in [2.45, 2.75) is 39.2 Å². The third-order valence-corrected chi connectivity index (χ3v) is 3.35. The summed E-state index contributed by atoms with van der Waals surface area (Å²) in [6.45, 7) is 5.86. The first-order chi connectivity index (χ1) is 7.84. The summed E-state index contributed by atoms with van der Waals surface area (Å²) in [4.78, 5) is 6.97. The highest BCUT2D eigenvalue weighted by molar-refractivity contribution is 5.03. The number of rotatable bonds is 2. The molecule has 16 heavy (non-hydrogen) atoms. The van der Waals surface area contributed by atoms with Crippen LogP contribution in [0.2, 0.25) is 0 Å². The largest absolute Gasteiger partial charge is 0.297 e. The Kier molecular flexibility index (Phi) is 4.34. The van der Waals surface area contributed by atoms with Gasteiger partial charge >= 0.3 is 0 Å². The SMILES string of the molecule is CC1CCCCCN(Cc2ccccn2)C1. The zero-order valence-corrected chi connectivity index (χ0v) is 10.2. The van der Waals surface area contributed by atoms with Crippen molar-refractivity contribution in [2.24, 2.45) is 5.92 Å². The van der Waals surface area contributed by atoms with E-state index in [1.807, 2.05) is 12.3 Å². The molecule has 0 bridgehead atoms. The highest BCUT2D eigenvalue weighted by Gasteiger charge is 2.13. The number of hydrogen-bond donors (Lipinski definition) is 0. The summed E-state index contributed by atoms with van der Waals surface area (Å²) in [6.07, 6.45) is 7.43. The first kappa shape index (κ1) is 11.6. The van der Waals surface area contributed by atoms with Gasteiger partial charge < -0.3 is 0 Å². The Morgan fingerprint density at radius 2 is 2.25 bits per heavy atom. The molecule has 0 radical (unpaired) electrons. The van der Waals surface area contributed by atoms with E-state index in [-0.39, 0.29) is 0 Å². The molecular weight excluding hydrogens is 196 g/mol. The second-order valence-corrected chi connectivity index (χ2v) is 5.01. The van der Waals surface area contributed by atoms with Gasteiger partial charge in [-0.15, -0.1) is 0 Å². The average Bonchev–Trinajstić information content (AvgIpc) is 2.27. The molecule has 0 amide bonds. The van der Waals surface area contributed by atoms with Gasteiger partial charge in [0.05, 0.1) is 5.69 Å². The van der Waals surface area contributed by atoms with Gasteiger partial charge in [0.2, 0.25) is 0 Å². The maximum absolute atomic E-state index is 4.41. The Labute approximate surface area is 98.7 Å². The van der Waals surface area contributed by atoms with Crippen LogP contribution in [0, 0.1) is 5.92 Å². The van der Waals surface area contributed by atoms with E-state index in [4.69, 9.17) is 0 Å². The van der Waals surface area contributed by atoms with Gasteiger partial charge in [-0.05, 0) is 37.4 Å². The van der Waals surface area contributed by atoms with Crippen molar-refractivity contribution in [3.63, 3.8) is 0 Å². The number of nitrogens with zero attached hydrogens (tertiary/aromatic N) is 2. The fraction of sp³-hybridized carbons (Fsp3) is 0.643. The first-order valence-corrected chi connectivity index (χ1v) is 6.47. The molecule has 1 aromatic heterocycles. The van der Waals surface area contributed by atoms with Gasteiger partial charge in [0.1, 0.15) is 0 Å². The normalized spacial score (nSPS) is 23.7. The lowest BCUT2D eigenvalue weighted by Crippen LogP contribution is -2.31. The molecule has 1 unspecified atom stereocenters. The minimum Gasteiger partial charge on any atom is -0.297 e. The molecule has 1 aliphatic heterocycles. The number of pyridine rings is 1. The summed E-state index contributed by atoms with van der Waals surface area (Å²) in [5, 5.41) is 0. The van der Waals surface area contributed by atoms with Crippen molar-refractivity contribution < 1.29 is 0 Å². The molecule has 2 rings (SSSR count). The molecule has 0 N–H and O–H groups in total. The molecule has 1 aliphatic rings. The van der Waals surface area contributed by atoms with Crippen LogP contribution in [0.15, 0.2) is 24.4 Å². The lowest BCUT2D eigenvalue weighted by molar-refractivity contribution is 0.200. The Bertz CT molecular complexity index is 297. The van der Waals surface area contributed by atoms with Crippen molar-refractivity contribution in [3.05, 3.63) is 30.1 Å². The standard InChI is InChI=1S/C14H22N2/c1-13-7-3-2-6-10-16(11-13)12-14-8-4-5-9-15-14/h4-5,8-9,13H,2-3,6-7,10-12H2,1H3. The maximum Gasteiger partial charge on any atom is 0.0543 e. The van der Waals surface area contributed by atoms with Crippen LogP contribution in [0.4, 0.5) is 0 Å². The van der Waals surface area contributed by atoms with Gasteiger partial charge in [0.15, 0.2) is 0 Å². The van der Waals surface area contributed by atoms with E-state index >= 15 is 0 Å². The molecule has 2 nitrogen and oxygen atoms in total. The Morgan fingerprint density at radius 1 is 1.31 bits per heavy atom. The predicted molar refractivity (Wildman–Crippen MR) is 67.1 cm³/mol. The minimum atomic E-state index is 0.837. The molecule has 1 saturated heterocycles. The second kappa shape index (κ2) is 6.00. The van der Waals surface area contributed by atoms with E-state index in [1.165, 1.54) is 44.5 Å². The summed E-state index contributed by atoms with van der Waals surface area (Å²) >= 11 is 0. The molecule has 1 fully saturated rings. The van der Waals surface area contributed by atoms with Gasteiger partial charge in [-0.25, -0.2) is 0 Å². The highest BCUT2D eigenvalue weighted by atomic mass is 15.1. The van der Waals surface area contributed by atoms with Crippen LogP contribution >= 0.6 is 0 Å². The van der Waals surface area contributed by atoms with Gasteiger partial charge in [0, 0.05) is 19.3 Å². The third kappa shape index (κ3) is 3.60.